The van der Waals surface area contributed by atoms with Crippen molar-refractivity contribution in [1.82, 2.24) is 10.3 Å². The molecule has 7 nitrogen and oxygen atoms in total. The van der Waals surface area contributed by atoms with E-state index in [1.54, 1.807) is 6.92 Å². The number of Topliss-reactive ketones (excluding diaryl/α,β-unsaturated/α-hetero) is 1. The molecule has 0 aliphatic rings. The molecule has 0 spiro atoms. The van der Waals surface area contributed by atoms with Crippen LogP contribution in [-0.4, -0.2) is 55.4 Å². The lowest BCUT2D eigenvalue weighted by Gasteiger charge is -2.28. The smallest absolute Gasteiger partial charge is 0.459 e. The summed E-state index contributed by atoms with van der Waals surface area (Å²) in [7, 11) is 2.53. The third-order valence-electron chi connectivity index (χ3n) is 6.88. The first-order chi connectivity index (χ1) is 21.1. The maximum Gasteiger partial charge on any atom is 0.459 e. The van der Waals surface area contributed by atoms with E-state index in [4.69, 9.17) is 9.15 Å². The Kier molecular flexibility index (Phi) is 9.12. The van der Waals surface area contributed by atoms with Gasteiger partial charge in [-0.1, -0.05) is 6.07 Å². The molecular weight excluding hydrogens is 618 g/mol. The highest BCUT2D eigenvalue weighted by Gasteiger charge is 2.72. The SMILES string of the molecule is CCNc1nc2oc(-c3ccc(F)cc3)c(C(=O)NC)c2cc1-c1ccc(OC)c(C(=O)CCC(F)(F)C(F)(F)C(F)(F)F)c1. The summed E-state index contributed by atoms with van der Waals surface area (Å²) in [4.78, 5) is 30.4. The molecule has 4 rings (SSSR count). The monoisotopic (exact) mass is 643 g/mol. The first-order valence-electron chi connectivity index (χ1n) is 13.3. The number of ether oxygens (including phenoxy) is 1. The number of aromatic nitrogens is 1. The van der Waals surface area contributed by atoms with Crippen molar-refractivity contribution in [3.8, 4) is 28.2 Å². The minimum absolute atomic E-state index is 0.0188. The zero-order valence-electron chi connectivity index (χ0n) is 23.8. The lowest BCUT2D eigenvalue weighted by atomic mass is 9.95. The highest BCUT2D eigenvalue weighted by molar-refractivity contribution is 6.11. The van der Waals surface area contributed by atoms with Crippen molar-refractivity contribution in [2.24, 2.45) is 0 Å². The molecule has 0 fully saturated rings. The number of ketones is 1. The maximum atomic E-state index is 13.9. The number of nitrogens with one attached hydrogen (secondary N) is 2. The number of alkyl halides is 7. The first-order valence-corrected chi connectivity index (χ1v) is 13.3. The molecule has 0 aliphatic heterocycles. The van der Waals surface area contributed by atoms with Crippen LogP contribution in [0.2, 0.25) is 0 Å². The van der Waals surface area contributed by atoms with Gasteiger partial charge in [-0.25, -0.2) is 4.39 Å². The number of hydrogen-bond donors (Lipinski definition) is 2. The average Bonchev–Trinajstić information content (AvgIpc) is 3.37. The van der Waals surface area contributed by atoms with E-state index in [2.05, 4.69) is 15.6 Å². The second-order valence-corrected chi connectivity index (χ2v) is 9.77. The number of benzene rings is 2. The molecule has 0 aliphatic carbocycles. The summed E-state index contributed by atoms with van der Waals surface area (Å²) in [5, 5.41) is 5.73. The number of rotatable bonds is 11. The molecule has 2 aromatic carbocycles. The molecule has 2 aromatic heterocycles. The van der Waals surface area contributed by atoms with E-state index in [0.717, 1.165) is 7.11 Å². The number of carbonyl (C=O) groups is 2. The van der Waals surface area contributed by atoms with Crippen LogP contribution in [0, 0.1) is 5.82 Å². The third-order valence-corrected chi connectivity index (χ3v) is 6.88. The number of fused-ring (bicyclic) bond motifs is 1. The maximum absolute atomic E-state index is 13.9. The van der Waals surface area contributed by atoms with Gasteiger partial charge in [0.25, 0.3) is 5.91 Å². The molecule has 45 heavy (non-hydrogen) atoms. The summed E-state index contributed by atoms with van der Waals surface area (Å²) < 4.78 is 117. The largest absolute Gasteiger partial charge is 0.496 e. The standard InChI is InChI=1S/C30H25F8N3O4/c1-4-40-25-18(14-20-23(26(43)39-2)24(45-27(20)41-25)15-5-8-17(31)9-6-15)16-7-10-22(44-3)19(13-16)21(42)11-12-28(32,33)29(34,35)30(36,37)38/h5-10,13-14H,4,11-12H2,1-3H3,(H,39,43)(H,40,41). The highest BCUT2D eigenvalue weighted by atomic mass is 19.4. The Balaban J connectivity index is 1.82. The van der Waals surface area contributed by atoms with Gasteiger partial charge in [-0.15, -0.1) is 0 Å². The van der Waals surface area contributed by atoms with Crippen LogP contribution in [-0.2, 0) is 0 Å². The van der Waals surface area contributed by atoms with Crippen molar-refractivity contribution in [2.45, 2.75) is 37.8 Å². The Labute approximate surface area is 250 Å². The zero-order chi connectivity index (χ0) is 33.3. The summed E-state index contributed by atoms with van der Waals surface area (Å²) in [5.41, 5.74) is 0.578. The number of nitrogens with zero attached hydrogens (tertiary/aromatic N) is 1. The summed E-state index contributed by atoms with van der Waals surface area (Å²) in [6.07, 6.45) is -9.97. The van der Waals surface area contributed by atoms with Crippen molar-refractivity contribution >= 4 is 28.6 Å². The van der Waals surface area contributed by atoms with Crippen LogP contribution in [0.4, 0.5) is 40.9 Å². The Bertz CT molecular complexity index is 1730. The third kappa shape index (κ3) is 6.28. The molecule has 0 bridgehead atoms. The van der Waals surface area contributed by atoms with E-state index in [1.165, 1.54) is 55.6 Å². The van der Waals surface area contributed by atoms with Gasteiger partial charge in [-0.05, 0) is 55.0 Å². The number of amides is 1. The fourth-order valence-electron chi connectivity index (χ4n) is 4.56. The van der Waals surface area contributed by atoms with Crippen LogP contribution in [0.25, 0.3) is 33.6 Å². The van der Waals surface area contributed by atoms with E-state index in [0.29, 0.717) is 12.1 Å². The summed E-state index contributed by atoms with van der Waals surface area (Å²) in [5.74, 6) is -14.0. The van der Waals surface area contributed by atoms with Gasteiger partial charge >= 0.3 is 18.0 Å². The molecule has 1 amide bonds. The number of anilines is 1. The Morgan fingerprint density at radius 1 is 0.956 bits per heavy atom. The molecule has 0 radical (unpaired) electrons. The predicted octanol–water partition coefficient (Wildman–Crippen LogP) is 7.90. The number of furan rings is 1. The number of halogens is 8. The van der Waals surface area contributed by atoms with Gasteiger partial charge in [0.15, 0.2) is 5.78 Å². The number of carbonyl (C=O) groups excluding carboxylic acids is 2. The molecule has 4 aromatic rings. The van der Waals surface area contributed by atoms with Crippen LogP contribution >= 0.6 is 0 Å². The fraction of sp³-hybridized carbons (Fsp3) is 0.300. The van der Waals surface area contributed by atoms with Crippen LogP contribution in [0.1, 0.15) is 40.5 Å². The Morgan fingerprint density at radius 3 is 2.18 bits per heavy atom. The van der Waals surface area contributed by atoms with Crippen molar-refractivity contribution in [1.29, 1.82) is 0 Å². The predicted molar refractivity (Wildman–Crippen MR) is 148 cm³/mol. The zero-order valence-corrected chi connectivity index (χ0v) is 23.8. The molecule has 15 heteroatoms. The number of pyridine rings is 1. The summed E-state index contributed by atoms with van der Waals surface area (Å²) in [6.45, 7) is 2.08. The van der Waals surface area contributed by atoms with Gasteiger partial charge in [0.05, 0.1) is 23.6 Å². The van der Waals surface area contributed by atoms with E-state index in [1.807, 2.05) is 0 Å². The molecule has 2 N–H and O–H groups in total. The summed E-state index contributed by atoms with van der Waals surface area (Å²) in [6, 6.07) is 10.6. The van der Waals surface area contributed by atoms with Gasteiger partial charge in [0.1, 0.15) is 23.1 Å². The average molecular weight is 644 g/mol. The summed E-state index contributed by atoms with van der Waals surface area (Å²) >= 11 is 0. The van der Waals surface area contributed by atoms with E-state index >= 15 is 0 Å². The number of hydrogen-bond acceptors (Lipinski definition) is 6. The van der Waals surface area contributed by atoms with Crippen LogP contribution < -0.4 is 15.4 Å². The second-order valence-electron chi connectivity index (χ2n) is 9.77. The van der Waals surface area contributed by atoms with Gasteiger partial charge in [-0.3, -0.25) is 9.59 Å². The Morgan fingerprint density at radius 2 is 1.60 bits per heavy atom. The molecule has 0 saturated carbocycles. The van der Waals surface area contributed by atoms with Crippen molar-refractivity contribution in [3.63, 3.8) is 0 Å². The van der Waals surface area contributed by atoms with Gasteiger partial charge in [0, 0.05) is 37.6 Å². The quantitative estimate of drug-likeness (QED) is 0.128. The lowest BCUT2D eigenvalue weighted by molar-refractivity contribution is -0.355. The van der Waals surface area contributed by atoms with E-state index < -0.39 is 48.4 Å². The molecule has 0 unspecified atom stereocenters. The highest BCUT2D eigenvalue weighted by Crippen LogP contribution is 2.49. The molecule has 240 valence electrons. The van der Waals surface area contributed by atoms with E-state index in [9.17, 15) is 44.7 Å². The second kappa shape index (κ2) is 12.4. The fourth-order valence-corrected chi connectivity index (χ4v) is 4.56. The molecule has 0 atom stereocenters. The molecular formula is C30H25F8N3O4. The van der Waals surface area contributed by atoms with Crippen molar-refractivity contribution in [2.75, 3.05) is 26.0 Å². The van der Waals surface area contributed by atoms with E-state index in [-0.39, 0.29) is 50.7 Å². The van der Waals surface area contributed by atoms with Crippen molar-refractivity contribution < 1.29 is 53.9 Å². The van der Waals surface area contributed by atoms with Crippen LogP contribution in [0.3, 0.4) is 0 Å². The van der Waals surface area contributed by atoms with Crippen LogP contribution in [0.15, 0.2) is 52.9 Å². The topological polar surface area (TPSA) is 93.5 Å². The molecule has 2 heterocycles. The number of methoxy groups -OCH3 is 1. The van der Waals surface area contributed by atoms with Gasteiger partial charge in [0.2, 0.25) is 5.71 Å². The first kappa shape index (κ1) is 33.2. The van der Waals surface area contributed by atoms with Crippen molar-refractivity contribution in [3.05, 3.63) is 65.5 Å². The van der Waals surface area contributed by atoms with Gasteiger partial charge in [-0.2, -0.15) is 35.7 Å². The minimum atomic E-state index is -6.53. The minimum Gasteiger partial charge on any atom is -0.496 e. The molecule has 0 saturated heterocycles. The normalized spacial score (nSPS) is 12.3. The Hall–Kier alpha value is -4.69. The van der Waals surface area contributed by atoms with Gasteiger partial charge < -0.3 is 19.8 Å². The van der Waals surface area contributed by atoms with Crippen LogP contribution in [0.5, 0.6) is 5.75 Å². The lowest BCUT2D eigenvalue weighted by Crippen LogP contribution is -2.52.